The first-order valence-electron chi connectivity index (χ1n) is 10.1. The molecule has 1 spiro atoms. The number of carbonyl (C=O) groups is 1. The second-order valence-electron chi connectivity index (χ2n) is 8.69. The Labute approximate surface area is 169 Å². The van der Waals surface area contributed by atoms with Crippen LogP contribution >= 0.6 is 0 Å². The Morgan fingerprint density at radius 3 is 2.69 bits per heavy atom. The molecule has 6 nitrogen and oxygen atoms in total. The van der Waals surface area contributed by atoms with E-state index in [0.717, 1.165) is 29.1 Å². The van der Waals surface area contributed by atoms with E-state index in [9.17, 15) is 13.6 Å². The Balaban J connectivity index is 1.56. The van der Waals surface area contributed by atoms with Crippen LogP contribution in [-0.4, -0.2) is 51.0 Å². The van der Waals surface area contributed by atoms with Gasteiger partial charge in [-0.25, -0.2) is 8.78 Å². The summed E-state index contributed by atoms with van der Waals surface area (Å²) in [6.07, 6.45) is 2.44. The quantitative estimate of drug-likeness (QED) is 0.782. The van der Waals surface area contributed by atoms with Crippen molar-refractivity contribution in [1.82, 2.24) is 19.6 Å². The molecule has 4 rings (SSSR count). The lowest BCUT2D eigenvalue weighted by atomic mass is 9.71. The van der Waals surface area contributed by atoms with Crippen molar-refractivity contribution in [2.24, 2.45) is 12.5 Å². The highest BCUT2D eigenvalue weighted by atomic mass is 19.3. The first kappa shape index (κ1) is 20.1. The summed E-state index contributed by atoms with van der Waals surface area (Å²) in [4.78, 5) is 16.9. The lowest BCUT2D eigenvalue weighted by molar-refractivity contribution is -0.171. The smallest absolute Gasteiger partial charge is 0.261 e. The van der Waals surface area contributed by atoms with Crippen LogP contribution in [0, 0.1) is 19.3 Å². The van der Waals surface area contributed by atoms with Crippen molar-refractivity contribution in [1.29, 1.82) is 0 Å². The van der Waals surface area contributed by atoms with Crippen molar-refractivity contribution in [2.75, 3.05) is 19.6 Å². The van der Waals surface area contributed by atoms with Gasteiger partial charge in [-0.3, -0.25) is 14.4 Å². The first-order chi connectivity index (χ1) is 13.7. The zero-order chi connectivity index (χ0) is 20.8. The largest absolute Gasteiger partial charge is 0.469 e. The topological polar surface area (TPSA) is 54.5 Å². The zero-order valence-electron chi connectivity index (χ0n) is 17.3. The molecule has 2 aliphatic heterocycles. The van der Waals surface area contributed by atoms with Gasteiger partial charge in [0, 0.05) is 38.7 Å². The van der Waals surface area contributed by atoms with Crippen molar-refractivity contribution >= 4 is 5.91 Å². The molecule has 0 bridgehead atoms. The zero-order valence-corrected chi connectivity index (χ0v) is 17.3. The summed E-state index contributed by atoms with van der Waals surface area (Å²) >= 11 is 0. The molecule has 158 valence electrons. The highest BCUT2D eigenvalue weighted by Gasteiger charge is 2.55. The highest BCUT2D eigenvalue weighted by Crippen LogP contribution is 2.45. The van der Waals surface area contributed by atoms with Gasteiger partial charge in [0.15, 0.2) is 0 Å². The summed E-state index contributed by atoms with van der Waals surface area (Å²) in [5, 5.41) is 4.33. The number of aryl methyl sites for hydroxylation is 3. The van der Waals surface area contributed by atoms with Crippen LogP contribution in [-0.2, 0) is 24.9 Å². The van der Waals surface area contributed by atoms with Crippen LogP contribution in [0.4, 0.5) is 8.78 Å². The van der Waals surface area contributed by atoms with Crippen molar-refractivity contribution in [3.8, 4) is 0 Å². The van der Waals surface area contributed by atoms with Gasteiger partial charge < -0.3 is 9.32 Å². The Kier molecular flexibility index (Phi) is 5.01. The van der Waals surface area contributed by atoms with Gasteiger partial charge in [-0.1, -0.05) is 0 Å². The molecule has 4 heterocycles. The minimum atomic E-state index is -2.89. The van der Waals surface area contributed by atoms with Gasteiger partial charge in [0.1, 0.15) is 5.76 Å². The number of nitrogens with zero attached hydrogens (tertiary/aromatic N) is 4. The second kappa shape index (κ2) is 7.23. The fourth-order valence-electron chi connectivity index (χ4n) is 4.97. The molecule has 0 aromatic carbocycles. The molecule has 2 saturated heterocycles. The van der Waals surface area contributed by atoms with Gasteiger partial charge in [0.05, 0.1) is 36.2 Å². The summed E-state index contributed by atoms with van der Waals surface area (Å²) in [6.45, 7) is 5.13. The fourth-order valence-corrected chi connectivity index (χ4v) is 4.97. The van der Waals surface area contributed by atoms with Crippen LogP contribution in [0.1, 0.15) is 42.0 Å². The molecule has 2 aromatic rings. The van der Waals surface area contributed by atoms with Crippen molar-refractivity contribution in [3.63, 3.8) is 0 Å². The molecule has 0 saturated carbocycles. The number of halogens is 2. The Hall–Kier alpha value is -2.22. The number of likely N-dealkylation sites (tertiary alicyclic amines) is 2. The third kappa shape index (κ3) is 3.95. The molecular formula is C21H28F2N4O2. The van der Waals surface area contributed by atoms with Crippen LogP contribution in [0.5, 0.6) is 0 Å². The molecule has 0 N–H and O–H groups in total. The molecule has 1 amide bonds. The molecule has 1 atom stereocenters. The molecule has 0 aliphatic carbocycles. The third-order valence-electron chi connectivity index (χ3n) is 6.21. The van der Waals surface area contributed by atoms with E-state index in [1.54, 1.807) is 20.7 Å². The average molecular weight is 406 g/mol. The minimum absolute atomic E-state index is 0.157. The number of rotatable bonds is 4. The lowest BCUT2D eigenvalue weighted by Gasteiger charge is -2.49. The number of alkyl halides is 2. The van der Waals surface area contributed by atoms with Gasteiger partial charge in [-0.2, -0.15) is 5.10 Å². The third-order valence-corrected chi connectivity index (χ3v) is 6.21. The van der Waals surface area contributed by atoms with Crippen molar-refractivity contribution in [3.05, 3.63) is 41.1 Å². The van der Waals surface area contributed by atoms with E-state index in [2.05, 4.69) is 5.10 Å². The number of aromatic nitrogens is 2. The van der Waals surface area contributed by atoms with Crippen molar-refractivity contribution in [2.45, 2.75) is 52.1 Å². The number of piperidine rings is 2. The number of hydrogen-bond acceptors (Lipinski definition) is 4. The molecular weight excluding hydrogens is 378 g/mol. The summed E-state index contributed by atoms with van der Waals surface area (Å²) < 4.78 is 36.6. The van der Waals surface area contributed by atoms with E-state index in [1.807, 2.05) is 33.0 Å². The molecule has 2 aromatic heterocycles. The normalized spacial score (nSPS) is 25.1. The number of amides is 1. The van der Waals surface area contributed by atoms with Crippen LogP contribution < -0.4 is 0 Å². The number of furan rings is 1. The maximum atomic E-state index is 14.8. The van der Waals surface area contributed by atoms with Crippen LogP contribution in [0.15, 0.2) is 22.8 Å². The van der Waals surface area contributed by atoms with Crippen LogP contribution in [0.3, 0.4) is 0 Å². The molecule has 29 heavy (non-hydrogen) atoms. The number of carbonyl (C=O) groups excluding carboxylic acids is 1. The maximum Gasteiger partial charge on any atom is 0.261 e. The van der Waals surface area contributed by atoms with Crippen LogP contribution in [0.2, 0.25) is 0 Å². The Bertz CT molecular complexity index is 906. The monoisotopic (exact) mass is 406 g/mol. The van der Waals surface area contributed by atoms with E-state index in [1.165, 1.54) is 0 Å². The predicted molar refractivity (Wildman–Crippen MR) is 103 cm³/mol. The van der Waals surface area contributed by atoms with Crippen molar-refractivity contribution < 1.29 is 18.0 Å². The Morgan fingerprint density at radius 1 is 1.24 bits per heavy atom. The minimum Gasteiger partial charge on any atom is -0.469 e. The summed E-state index contributed by atoms with van der Waals surface area (Å²) in [5.74, 6) is -2.32. The summed E-state index contributed by atoms with van der Waals surface area (Å²) in [5.41, 5.74) is 1.66. The van der Waals surface area contributed by atoms with Gasteiger partial charge in [0.25, 0.3) is 5.92 Å². The number of hydrogen-bond donors (Lipinski definition) is 0. The predicted octanol–water partition coefficient (Wildman–Crippen LogP) is 3.28. The standard InChI is InChI=1S/C21H28F2N4O2/c1-15-9-18(25(3)24-15)11-27-7-4-6-20(19(27)28)12-21(22,23)14-26(13-20)10-17-5-8-29-16(17)2/h5,8-9H,4,6-7,10-14H2,1-3H3/t20-/m0/s1. The fraction of sp³-hybridized carbons (Fsp3) is 0.619. The second-order valence-corrected chi connectivity index (χ2v) is 8.69. The van der Waals surface area contributed by atoms with E-state index in [0.29, 0.717) is 32.6 Å². The summed E-state index contributed by atoms with van der Waals surface area (Å²) in [7, 11) is 1.84. The Morgan fingerprint density at radius 2 is 2.03 bits per heavy atom. The SMILES string of the molecule is Cc1cc(CN2CCC[C@]3(CN(Cc4ccoc4C)CC(F)(F)C3)C2=O)n(C)n1. The van der Waals surface area contributed by atoms with E-state index >= 15 is 0 Å². The lowest BCUT2D eigenvalue weighted by Crippen LogP contribution is -2.60. The molecule has 2 aliphatic rings. The molecule has 2 fully saturated rings. The van der Waals surface area contributed by atoms with Gasteiger partial charge in [0.2, 0.25) is 5.91 Å². The van der Waals surface area contributed by atoms with Gasteiger partial charge >= 0.3 is 0 Å². The first-order valence-corrected chi connectivity index (χ1v) is 10.1. The van der Waals surface area contributed by atoms with E-state index in [4.69, 9.17) is 4.42 Å². The molecule has 8 heteroatoms. The summed E-state index contributed by atoms with van der Waals surface area (Å²) in [6, 6.07) is 3.76. The van der Waals surface area contributed by atoms with E-state index in [-0.39, 0.29) is 18.9 Å². The van der Waals surface area contributed by atoms with Gasteiger partial charge in [-0.05, 0) is 38.8 Å². The van der Waals surface area contributed by atoms with Crippen LogP contribution in [0.25, 0.3) is 0 Å². The molecule has 0 unspecified atom stereocenters. The maximum absolute atomic E-state index is 14.8. The average Bonchev–Trinajstić information content (AvgIpc) is 3.15. The highest BCUT2D eigenvalue weighted by molar-refractivity contribution is 5.84. The van der Waals surface area contributed by atoms with Gasteiger partial charge in [-0.15, -0.1) is 0 Å². The molecule has 0 radical (unpaired) electrons. The van der Waals surface area contributed by atoms with E-state index < -0.39 is 11.3 Å².